The number of carbonyl (C=O) groups is 1. The Morgan fingerprint density at radius 3 is 2.85 bits per heavy atom. The van der Waals surface area contributed by atoms with Crippen LogP contribution in [0.3, 0.4) is 0 Å². The first-order chi connectivity index (χ1) is 9.42. The lowest BCUT2D eigenvalue weighted by Crippen LogP contribution is -2.38. The molecule has 0 aromatic heterocycles. The molecule has 1 heterocycles. The minimum absolute atomic E-state index is 0.0525. The predicted molar refractivity (Wildman–Crippen MR) is 73.8 cm³/mol. The molecule has 1 aromatic carbocycles. The van der Waals surface area contributed by atoms with Gasteiger partial charge in [0.2, 0.25) is 15.9 Å². The Morgan fingerprint density at radius 2 is 2.25 bits per heavy atom. The maximum Gasteiger partial charge on any atom is 0.240 e. The van der Waals surface area contributed by atoms with Gasteiger partial charge in [-0.2, -0.15) is 0 Å². The van der Waals surface area contributed by atoms with Crippen LogP contribution in [0.1, 0.15) is 12.8 Å². The van der Waals surface area contributed by atoms with Crippen LogP contribution in [0.2, 0.25) is 0 Å². The first-order valence-electron chi connectivity index (χ1n) is 6.15. The number of hydrogen-bond acceptors (Lipinski definition) is 5. The summed E-state index contributed by atoms with van der Waals surface area (Å²) in [4.78, 5) is 11.1. The van der Waals surface area contributed by atoms with Crippen LogP contribution in [0, 0.1) is 0 Å². The average Bonchev–Trinajstić information content (AvgIpc) is 2.83. The van der Waals surface area contributed by atoms with Crippen molar-refractivity contribution in [3.8, 4) is 5.75 Å². The van der Waals surface area contributed by atoms with E-state index in [1.807, 2.05) is 0 Å². The summed E-state index contributed by atoms with van der Waals surface area (Å²) in [5.74, 6) is 0.255. The number of anilines is 1. The highest BCUT2D eigenvalue weighted by Crippen LogP contribution is 2.24. The summed E-state index contributed by atoms with van der Waals surface area (Å²) in [5, 5.41) is 2.70. The maximum atomic E-state index is 12.1. The lowest BCUT2D eigenvalue weighted by molar-refractivity contribution is -0.119. The Balaban J connectivity index is 2.08. The molecule has 1 aliphatic heterocycles. The molecule has 7 nitrogen and oxygen atoms in total. The molecule has 0 aliphatic carbocycles. The van der Waals surface area contributed by atoms with E-state index in [1.54, 1.807) is 0 Å². The van der Waals surface area contributed by atoms with E-state index >= 15 is 0 Å². The number of rotatable bonds is 5. The minimum Gasteiger partial charge on any atom is -0.495 e. The summed E-state index contributed by atoms with van der Waals surface area (Å²) in [6.07, 6.45) is 1.06. The Kier molecular flexibility index (Phi) is 4.15. The van der Waals surface area contributed by atoms with Gasteiger partial charge in [0, 0.05) is 25.1 Å². The smallest absolute Gasteiger partial charge is 0.240 e. The predicted octanol–water partition coefficient (Wildman–Crippen LogP) is -0.166. The number of nitrogens with one attached hydrogen (secondary N) is 2. The molecule has 0 radical (unpaired) electrons. The molecule has 0 bridgehead atoms. The number of ether oxygens (including phenoxy) is 1. The zero-order valence-corrected chi connectivity index (χ0v) is 11.9. The third kappa shape index (κ3) is 3.20. The number of nitrogen functional groups attached to an aromatic ring is 1. The molecule has 20 heavy (non-hydrogen) atoms. The van der Waals surface area contributed by atoms with Gasteiger partial charge < -0.3 is 15.8 Å². The fourth-order valence-electron chi connectivity index (χ4n) is 1.98. The lowest BCUT2D eigenvalue weighted by Gasteiger charge is -2.13. The molecule has 1 saturated heterocycles. The van der Waals surface area contributed by atoms with E-state index in [0.717, 1.165) is 0 Å². The normalized spacial score (nSPS) is 18.9. The van der Waals surface area contributed by atoms with Crippen LogP contribution in [-0.2, 0) is 14.8 Å². The molecule has 1 atom stereocenters. The summed E-state index contributed by atoms with van der Waals surface area (Å²) in [6.45, 7) is 0.167. The lowest BCUT2D eigenvalue weighted by atomic mass is 10.2. The van der Waals surface area contributed by atoms with Crippen molar-refractivity contribution >= 4 is 21.6 Å². The van der Waals surface area contributed by atoms with Crippen LogP contribution in [-0.4, -0.2) is 34.0 Å². The molecule has 1 amide bonds. The Bertz CT molecular complexity index is 615. The van der Waals surface area contributed by atoms with Gasteiger partial charge in [0.15, 0.2) is 0 Å². The SMILES string of the molecule is COc1cc(S(=O)(=O)NCC2CCC(=O)N2)ccc1N. The van der Waals surface area contributed by atoms with Gasteiger partial charge in [-0.05, 0) is 18.6 Å². The summed E-state index contributed by atoms with van der Waals surface area (Å²) in [7, 11) is -2.23. The third-order valence-corrected chi connectivity index (χ3v) is 4.54. The second kappa shape index (κ2) is 5.68. The molecular formula is C12H17N3O4S. The summed E-state index contributed by atoms with van der Waals surface area (Å²) in [6, 6.07) is 4.09. The fourth-order valence-corrected chi connectivity index (χ4v) is 3.08. The van der Waals surface area contributed by atoms with E-state index in [1.165, 1.54) is 25.3 Å². The largest absolute Gasteiger partial charge is 0.495 e. The van der Waals surface area contributed by atoms with Crippen LogP contribution in [0.25, 0.3) is 0 Å². The van der Waals surface area contributed by atoms with Crippen LogP contribution in [0.5, 0.6) is 5.75 Å². The van der Waals surface area contributed by atoms with E-state index in [-0.39, 0.29) is 23.4 Å². The Morgan fingerprint density at radius 1 is 1.50 bits per heavy atom. The summed E-state index contributed by atoms with van der Waals surface area (Å²) in [5.41, 5.74) is 6.01. The monoisotopic (exact) mass is 299 g/mol. The number of amides is 1. The number of methoxy groups -OCH3 is 1. The highest BCUT2D eigenvalue weighted by molar-refractivity contribution is 7.89. The van der Waals surface area contributed by atoms with E-state index in [4.69, 9.17) is 10.5 Å². The fraction of sp³-hybridized carbons (Fsp3) is 0.417. The van der Waals surface area contributed by atoms with Crippen molar-refractivity contribution in [1.29, 1.82) is 0 Å². The Hall–Kier alpha value is -1.80. The van der Waals surface area contributed by atoms with Crippen LogP contribution < -0.4 is 20.5 Å². The number of nitrogens with two attached hydrogens (primary N) is 1. The second-order valence-electron chi connectivity index (χ2n) is 4.56. The summed E-state index contributed by atoms with van der Waals surface area (Å²) >= 11 is 0. The molecule has 8 heteroatoms. The van der Waals surface area contributed by atoms with Crippen LogP contribution in [0.4, 0.5) is 5.69 Å². The maximum absolute atomic E-state index is 12.1. The van der Waals surface area contributed by atoms with Gasteiger partial charge in [0.25, 0.3) is 0 Å². The van der Waals surface area contributed by atoms with Crippen molar-refractivity contribution in [3.05, 3.63) is 18.2 Å². The summed E-state index contributed by atoms with van der Waals surface area (Å²) < 4.78 is 31.7. The molecule has 2 rings (SSSR count). The first kappa shape index (κ1) is 14.6. The minimum atomic E-state index is -3.65. The number of hydrogen-bond donors (Lipinski definition) is 3. The quantitative estimate of drug-likeness (QED) is 0.654. The van der Waals surface area contributed by atoms with Crippen molar-refractivity contribution in [1.82, 2.24) is 10.0 Å². The molecular weight excluding hydrogens is 282 g/mol. The van der Waals surface area contributed by atoms with E-state index in [0.29, 0.717) is 24.3 Å². The molecule has 1 aromatic rings. The molecule has 4 N–H and O–H groups in total. The van der Waals surface area contributed by atoms with E-state index < -0.39 is 10.0 Å². The van der Waals surface area contributed by atoms with E-state index in [9.17, 15) is 13.2 Å². The van der Waals surface area contributed by atoms with Gasteiger partial charge in [0.1, 0.15) is 5.75 Å². The topological polar surface area (TPSA) is 111 Å². The Labute approximate surface area is 117 Å². The van der Waals surface area contributed by atoms with Crippen molar-refractivity contribution in [3.63, 3.8) is 0 Å². The van der Waals surface area contributed by atoms with Gasteiger partial charge in [-0.25, -0.2) is 13.1 Å². The zero-order valence-electron chi connectivity index (χ0n) is 11.0. The van der Waals surface area contributed by atoms with E-state index in [2.05, 4.69) is 10.0 Å². The van der Waals surface area contributed by atoms with Gasteiger partial charge in [-0.1, -0.05) is 0 Å². The highest BCUT2D eigenvalue weighted by Gasteiger charge is 2.23. The highest BCUT2D eigenvalue weighted by atomic mass is 32.2. The number of sulfonamides is 1. The van der Waals surface area contributed by atoms with Gasteiger partial charge >= 0.3 is 0 Å². The standard InChI is InChI=1S/C12H17N3O4S/c1-19-11-6-9(3-4-10(11)13)20(17,18)14-7-8-2-5-12(16)15-8/h3-4,6,8,14H,2,5,7,13H2,1H3,(H,15,16). The molecule has 1 aliphatic rings. The van der Waals surface area contributed by atoms with Crippen molar-refractivity contribution in [2.75, 3.05) is 19.4 Å². The van der Waals surface area contributed by atoms with Gasteiger partial charge in [0.05, 0.1) is 17.7 Å². The molecule has 0 spiro atoms. The molecule has 0 saturated carbocycles. The van der Waals surface area contributed by atoms with Crippen LogP contribution >= 0.6 is 0 Å². The van der Waals surface area contributed by atoms with Crippen LogP contribution in [0.15, 0.2) is 23.1 Å². The average molecular weight is 299 g/mol. The van der Waals surface area contributed by atoms with Crippen molar-refractivity contribution < 1.29 is 17.9 Å². The number of carbonyl (C=O) groups excluding carboxylic acids is 1. The van der Waals surface area contributed by atoms with Crippen molar-refractivity contribution in [2.24, 2.45) is 0 Å². The number of benzene rings is 1. The molecule has 110 valence electrons. The van der Waals surface area contributed by atoms with Gasteiger partial charge in [-0.3, -0.25) is 4.79 Å². The van der Waals surface area contributed by atoms with Crippen molar-refractivity contribution in [2.45, 2.75) is 23.8 Å². The molecule has 1 unspecified atom stereocenters. The first-order valence-corrected chi connectivity index (χ1v) is 7.63. The van der Waals surface area contributed by atoms with Gasteiger partial charge in [-0.15, -0.1) is 0 Å². The molecule has 1 fully saturated rings. The third-order valence-electron chi connectivity index (χ3n) is 3.12. The zero-order chi connectivity index (χ0) is 14.8. The second-order valence-corrected chi connectivity index (χ2v) is 6.33.